The Morgan fingerprint density at radius 1 is 1.19 bits per heavy atom. The van der Waals surface area contributed by atoms with E-state index in [0.29, 0.717) is 27.8 Å². The van der Waals surface area contributed by atoms with Gasteiger partial charge in [0.15, 0.2) is 17.8 Å². The Hall–Kier alpha value is -3.50. The molecule has 3 aromatic rings. The van der Waals surface area contributed by atoms with Crippen molar-refractivity contribution in [2.75, 3.05) is 25.0 Å². The van der Waals surface area contributed by atoms with Crippen molar-refractivity contribution in [1.82, 2.24) is 14.9 Å². The molecule has 0 bridgehead atoms. The van der Waals surface area contributed by atoms with E-state index < -0.39 is 0 Å². The number of hydrogen-bond acceptors (Lipinski definition) is 7. The summed E-state index contributed by atoms with van der Waals surface area (Å²) in [4.78, 5) is 35.0. The molecule has 3 heterocycles. The van der Waals surface area contributed by atoms with Crippen molar-refractivity contribution in [3.63, 3.8) is 0 Å². The van der Waals surface area contributed by atoms with Crippen molar-refractivity contribution in [3.8, 4) is 17.4 Å². The average molecular weight is 456 g/mol. The van der Waals surface area contributed by atoms with Crippen LogP contribution in [0.2, 0.25) is 0 Å². The first-order chi connectivity index (χ1) is 15.5. The zero-order chi connectivity index (χ0) is 22.5. The van der Waals surface area contributed by atoms with Crippen LogP contribution in [0.15, 0.2) is 48.1 Å². The van der Waals surface area contributed by atoms with Crippen LogP contribution in [0.25, 0.3) is 0 Å². The van der Waals surface area contributed by atoms with Crippen LogP contribution < -0.4 is 14.8 Å². The van der Waals surface area contributed by atoms with Gasteiger partial charge in [0.2, 0.25) is 5.88 Å². The number of pyridine rings is 1. The maximum atomic E-state index is 12.7. The van der Waals surface area contributed by atoms with E-state index in [4.69, 9.17) is 14.6 Å². The van der Waals surface area contributed by atoms with E-state index in [0.717, 1.165) is 19.5 Å². The molecule has 166 valence electrons. The minimum Gasteiger partial charge on any atom is -0.483 e. The molecule has 0 saturated carbocycles. The highest BCUT2D eigenvalue weighted by Crippen LogP contribution is 2.28. The lowest BCUT2D eigenvalue weighted by atomic mass is 10.1. The quantitative estimate of drug-likeness (QED) is 0.522. The van der Waals surface area contributed by atoms with Crippen LogP contribution >= 0.6 is 11.3 Å². The Morgan fingerprint density at radius 2 is 2.00 bits per heavy atom. The summed E-state index contributed by atoms with van der Waals surface area (Å²) in [5.74, 6) is 0.616. The molecule has 1 saturated heterocycles. The number of rotatable bonds is 8. The van der Waals surface area contributed by atoms with Crippen LogP contribution in [-0.2, 0) is 0 Å². The van der Waals surface area contributed by atoms with Crippen LogP contribution in [0.5, 0.6) is 17.4 Å². The van der Waals surface area contributed by atoms with E-state index in [2.05, 4.69) is 15.3 Å². The van der Waals surface area contributed by atoms with Crippen LogP contribution in [0.1, 0.15) is 34.1 Å². The zero-order valence-electron chi connectivity index (χ0n) is 17.4. The lowest BCUT2D eigenvalue weighted by Gasteiger charge is -2.30. The van der Waals surface area contributed by atoms with Gasteiger partial charge in [-0.2, -0.15) is 0 Å². The van der Waals surface area contributed by atoms with E-state index in [9.17, 15) is 9.59 Å². The van der Waals surface area contributed by atoms with Gasteiger partial charge in [-0.1, -0.05) is 0 Å². The van der Waals surface area contributed by atoms with E-state index in [1.807, 2.05) is 0 Å². The molecule has 1 aromatic carbocycles. The van der Waals surface area contributed by atoms with Gasteiger partial charge in [0.25, 0.3) is 11.8 Å². The van der Waals surface area contributed by atoms with Crippen molar-refractivity contribution in [2.24, 2.45) is 0 Å². The van der Waals surface area contributed by atoms with Gasteiger partial charge in [-0.25, -0.2) is 9.97 Å². The molecule has 1 atom stereocenters. The molecule has 0 radical (unpaired) electrons. The number of carbonyl (C=O) groups is 2. The summed E-state index contributed by atoms with van der Waals surface area (Å²) in [6.45, 7) is 3.38. The predicted molar refractivity (Wildman–Crippen MR) is 120 cm³/mol. The summed E-state index contributed by atoms with van der Waals surface area (Å²) in [5, 5.41) is 12.5. The summed E-state index contributed by atoms with van der Waals surface area (Å²) in [5.41, 5.74) is 0.816. The molecule has 1 fully saturated rings. The van der Waals surface area contributed by atoms with Gasteiger partial charge >= 0.3 is 0 Å². The fraction of sp³-hybridized carbons (Fsp3) is 0.273. The fourth-order valence-electron chi connectivity index (χ4n) is 2.95. The second-order valence-electron chi connectivity index (χ2n) is 7.25. The number of amides is 2. The summed E-state index contributed by atoms with van der Waals surface area (Å²) < 4.78 is 11.6. The molecule has 0 aliphatic carbocycles. The lowest BCUT2D eigenvalue weighted by molar-refractivity contribution is 0.0651. The molecule has 32 heavy (non-hydrogen) atoms. The molecule has 1 aliphatic heterocycles. The molecule has 4 rings (SSSR count). The number of benzene rings is 1. The molecular weight excluding hydrogens is 432 g/mol. The van der Waals surface area contributed by atoms with Gasteiger partial charge in [0.1, 0.15) is 11.5 Å². The normalized spacial score (nSPS) is 13.8. The number of nitrogens with zero attached hydrogens (tertiary/aromatic N) is 3. The minimum absolute atomic E-state index is 0.0452. The number of thiazole rings is 1. The highest BCUT2D eigenvalue weighted by Gasteiger charge is 2.22. The van der Waals surface area contributed by atoms with Crippen molar-refractivity contribution in [2.45, 2.75) is 19.4 Å². The average Bonchev–Trinajstić information content (AvgIpc) is 3.25. The highest BCUT2D eigenvalue weighted by atomic mass is 32.1. The zero-order valence-corrected chi connectivity index (χ0v) is 18.2. The number of ether oxygens (including phenoxy) is 2. The molecule has 2 amide bonds. The number of carbonyl (C=O) groups excluding carboxylic acids is 2. The maximum Gasteiger partial charge on any atom is 0.257 e. The Labute approximate surface area is 188 Å². The molecule has 2 aromatic heterocycles. The first-order valence-corrected chi connectivity index (χ1v) is 11.0. The highest BCUT2D eigenvalue weighted by molar-refractivity contribution is 7.13. The van der Waals surface area contributed by atoms with Gasteiger partial charge in [0.05, 0.1) is 5.56 Å². The summed E-state index contributed by atoms with van der Waals surface area (Å²) in [6, 6.07) is 8.07. The Balaban J connectivity index is 1.54. The van der Waals surface area contributed by atoms with Crippen LogP contribution in [-0.4, -0.2) is 57.6 Å². The maximum absolute atomic E-state index is 12.7. The van der Waals surface area contributed by atoms with Gasteiger partial charge in [-0.15, -0.1) is 11.3 Å². The molecule has 1 aliphatic rings. The van der Waals surface area contributed by atoms with Gasteiger partial charge < -0.3 is 19.5 Å². The first kappa shape index (κ1) is 21.7. The Bertz CT molecular complexity index is 1080. The summed E-state index contributed by atoms with van der Waals surface area (Å²) >= 11 is 1.31. The molecule has 10 heteroatoms. The topological polar surface area (TPSA) is 117 Å². The predicted octanol–water partition coefficient (Wildman–Crippen LogP) is 2.92. The summed E-state index contributed by atoms with van der Waals surface area (Å²) in [7, 11) is 0. The van der Waals surface area contributed by atoms with Crippen LogP contribution in [0.3, 0.4) is 0 Å². The largest absolute Gasteiger partial charge is 0.483 e. The smallest absolute Gasteiger partial charge is 0.257 e. The molecule has 0 spiro atoms. The molecular formula is C22H23N4O5S+. The number of hydrogen-bond donors (Lipinski definition) is 1. The SMILES string of the molecule is C[C@@H](C[OH2+])Oc1cc(Oc2ccc(C(=O)N3CCC3)cn2)cc(C(=O)Nc2nccs2)c1. The molecule has 0 unspecified atom stereocenters. The van der Waals surface area contributed by atoms with E-state index in [1.165, 1.54) is 17.5 Å². The third-order valence-corrected chi connectivity index (χ3v) is 5.46. The van der Waals surface area contributed by atoms with Crippen LogP contribution in [0, 0.1) is 0 Å². The standard InChI is InChI=1S/C22H22N4O5S/c1-14(13-27)30-17-9-16(20(28)25-22-23-5-8-32-22)10-18(11-17)31-19-4-3-15(12-24-19)21(29)26-6-2-7-26/h3-5,8-12,14,27H,2,6-7,13H2,1H3,(H,23,25,28)/p+1/t14-/m0/s1. The number of likely N-dealkylation sites (tertiary alicyclic amines) is 1. The van der Waals surface area contributed by atoms with E-state index in [-0.39, 0.29) is 30.4 Å². The number of nitrogens with one attached hydrogen (secondary N) is 1. The number of anilines is 1. The first-order valence-electron chi connectivity index (χ1n) is 10.1. The van der Waals surface area contributed by atoms with Crippen LogP contribution in [0.4, 0.5) is 5.13 Å². The van der Waals surface area contributed by atoms with Crippen molar-refractivity contribution in [3.05, 3.63) is 59.2 Å². The van der Waals surface area contributed by atoms with E-state index in [1.54, 1.807) is 53.7 Å². The van der Waals surface area contributed by atoms with Crippen molar-refractivity contribution < 1.29 is 24.2 Å². The van der Waals surface area contributed by atoms with Gasteiger partial charge in [-0.3, -0.25) is 14.9 Å². The molecule has 9 nitrogen and oxygen atoms in total. The molecule has 3 N–H and O–H groups in total. The third-order valence-electron chi connectivity index (χ3n) is 4.77. The Morgan fingerprint density at radius 3 is 2.62 bits per heavy atom. The van der Waals surface area contributed by atoms with Crippen molar-refractivity contribution >= 4 is 28.3 Å². The third kappa shape index (κ3) is 5.21. The Kier molecular flexibility index (Phi) is 6.62. The van der Waals surface area contributed by atoms with Gasteiger partial charge in [-0.05, 0) is 31.5 Å². The monoisotopic (exact) mass is 455 g/mol. The fourth-order valence-corrected chi connectivity index (χ4v) is 3.47. The minimum atomic E-state index is -0.364. The number of aromatic nitrogens is 2. The van der Waals surface area contributed by atoms with Crippen molar-refractivity contribution in [1.29, 1.82) is 0 Å². The van der Waals surface area contributed by atoms with E-state index >= 15 is 0 Å². The lowest BCUT2D eigenvalue weighted by Crippen LogP contribution is -2.42. The summed E-state index contributed by atoms with van der Waals surface area (Å²) in [6.07, 6.45) is 3.75. The van der Waals surface area contributed by atoms with Gasteiger partial charge in [0, 0.05) is 48.6 Å². The second kappa shape index (κ2) is 9.75. The second-order valence-corrected chi connectivity index (χ2v) is 8.14.